The first kappa shape index (κ1) is 16.6. The molecule has 0 aromatic carbocycles. The lowest BCUT2D eigenvalue weighted by atomic mass is 9.96. The highest BCUT2D eigenvalue weighted by Crippen LogP contribution is 2.26. The van der Waals surface area contributed by atoms with Crippen LogP contribution in [0.3, 0.4) is 0 Å². The third-order valence-electron chi connectivity index (χ3n) is 4.08. The maximum absolute atomic E-state index is 5.91. The molecule has 0 aliphatic carbocycles. The molecule has 1 aromatic heterocycles. The molecule has 0 spiro atoms. The molecule has 1 atom stereocenters. The Labute approximate surface area is 132 Å². The number of nitrogens with two attached hydrogens (primary N) is 1. The summed E-state index contributed by atoms with van der Waals surface area (Å²) in [6, 6.07) is 0.539. The number of nitrogens with zero attached hydrogens (tertiary/aromatic N) is 4. The summed E-state index contributed by atoms with van der Waals surface area (Å²) < 4.78 is 4.52. The van der Waals surface area contributed by atoms with E-state index in [1.807, 2.05) is 0 Å². The lowest BCUT2D eigenvalue weighted by Gasteiger charge is -2.38. The van der Waals surface area contributed by atoms with Crippen molar-refractivity contribution in [3.63, 3.8) is 0 Å². The second-order valence-corrected chi connectivity index (χ2v) is 7.58. The average molecular weight is 311 g/mol. The summed E-state index contributed by atoms with van der Waals surface area (Å²) in [4.78, 5) is 9.62. The first-order valence-corrected chi connectivity index (χ1v) is 8.76. The summed E-state index contributed by atoms with van der Waals surface area (Å²) in [5.41, 5.74) is 5.94. The molecule has 1 aromatic rings. The van der Waals surface area contributed by atoms with Gasteiger partial charge in [-0.25, -0.2) is 4.98 Å². The quantitative estimate of drug-likeness (QED) is 0.902. The van der Waals surface area contributed by atoms with Crippen molar-refractivity contribution in [3.8, 4) is 0 Å². The van der Waals surface area contributed by atoms with Gasteiger partial charge in [0, 0.05) is 55.7 Å². The van der Waals surface area contributed by atoms with Crippen molar-refractivity contribution in [2.75, 3.05) is 37.6 Å². The van der Waals surface area contributed by atoms with Crippen LogP contribution in [-0.4, -0.2) is 53.0 Å². The highest BCUT2D eigenvalue weighted by molar-refractivity contribution is 7.09. The van der Waals surface area contributed by atoms with E-state index >= 15 is 0 Å². The summed E-state index contributed by atoms with van der Waals surface area (Å²) in [5.74, 6) is 0.954. The molecular formula is C15H29N5S. The summed E-state index contributed by atoms with van der Waals surface area (Å²) in [5, 5.41) is 1.07. The van der Waals surface area contributed by atoms with Gasteiger partial charge in [-0.3, -0.25) is 4.90 Å². The first-order valence-electron chi connectivity index (χ1n) is 7.99. The van der Waals surface area contributed by atoms with Crippen molar-refractivity contribution in [2.24, 2.45) is 5.73 Å². The summed E-state index contributed by atoms with van der Waals surface area (Å²) in [7, 11) is 0. The number of hydrogen-bond acceptors (Lipinski definition) is 6. The molecule has 21 heavy (non-hydrogen) atoms. The predicted molar refractivity (Wildman–Crippen MR) is 90.1 cm³/mol. The zero-order valence-electron chi connectivity index (χ0n) is 13.8. The van der Waals surface area contributed by atoms with E-state index in [9.17, 15) is 0 Å². The highest BCUT2D eigenvalue weighted by Gasteiger charge is 2.26. The summed E-state index contributed by atoms with van der Waals surface area (Å²) in [6.07, 6.45) is 2.40. The van der Waals surface area contributed by atoms with Crippen molar-refractivity contribution in [3.05, 3.63) is 5.82 Å². The maximum Gasteiger partial charge on any atom is 0.205 e. The number of hydrogen-bond donors (Lipinski definition) is 1. The smallest absolute Gasteiger partial charge is 0.205 e. The van der Waals surface area contributed by atoms with Gasteiger partial charge in [-0.05, 0) is 6.42 Å². The van der Waals surface area contributed by atoms with Crippen LogP contribution in [0.15, 0.2) is 0 Å². The van der Waals surface area contributed by atoms with Gasteiger partial charge in [0.05, 0.1) is 0 Å². The molecular weight excluding hydrogens is 282 g/mol. The normalized spacial score (nSPS) is 19.0. The van der Waals surface area contributed by atoms with Crippen LogP contribution in [0.25, 0.3) is 0 Å². The fraction of sp³-hybridized carbons (Fsp3) is 0.867. The fourth-order valence-corrected chi connectivity index (χ4v) is 3.62. The standard InChI is InChI=1S/C15H29N5S/c1-5-6-12(11-16)19-7-9-20(10-8-19)14-17-13(18-21-14)15(2,3)4/h12H,5-11,16H2,1-4H3. The molecule has 6 heteroatoms. The van der Waals surface area contributed by atoms with Crippen LogP contribution in [0.2, 0.25) is 0 Å². The Morgan fingerprint density at radius 1 is 1.24 bits per heavy atom. The molecule has 2 rings (SSSR count). The summed E-state index contributed by atoms with van der Waals surface area (Å²) >= 11 is 1.53. The largest absolute Gasteiger partial charge is 0.344 e. The molecule has 0 saturated carbocycles. The lowest BCUT2D eigenvalue weighted by molar-refractivity contribution is 0.179. The fourth-order valence-electron chi connectivity index (χ4n) is 2.71. The van der Waals surface area contributed by atoms with E-state index in [0.717, 1.165) is 43.7 Å². The van der Waals surface area contributed by atoms with Crippen LogP contribution in [0.5, 0.6) is 0 Å². The van der Waals surface area contributed by atoms with E-state index in [4.69, 9.17) is 10.7 Å². The van der Waals surface area contributed by atoms with Crippen LogP contribution in [0.4, 0.5) is 5.13 Å². The van der Waals surface area contributed by atoms with E-state index in [-0.39, 0.29) is 5.41 Å². The minimum Gasteiger partial charge on any atom is -0.344 e. The van der Waals surface area contributed by atoms with Gasteiger partial charge in [0.1, 0.15) is 5.82 Å². The van der Waals surface area contributed by atoms with Gasteiger partial charge in [0.2, 0.25) is 5.13 Å². The number of rotatable bonds is 5. The second-order valence-electron chi connectivity index (χ2n) is 6.85. The SMILES string of the molecule is CCCC(CN)N1CCN(c2nc(C(C)(C)C)ns2)CC1. The van der Waals surface area contributed by atoms with Gasteiger partial charge < -0.3 is 10.6 Å². The molecule has 1 aliphatic heterocycles. The zero-order valence-corrected chi connectivity index (χ0v) is 14.6. The molecule has 1 aliphatic rings. The van der Waals surface area contributed by atoms with Crippen molar-refractivity contribution < 1.29 is 0 Å². The molecule has 0 bridgehead atoms. The van der Waals surface area contributed by atoms with Gasteiger partial charge in [0.25, 0.3) is 0 Å². The molecule has 1 saturated heterocycles. The lowest BCUT2D eigenvalue weighted by Crippen LogP contribution is -2.52. The van der Waals surface area contributed by atoms with E-state index in [1.165, 1.54) is 24.4 Å². The molecule has 1 fully saturated rings. The molecule has 2 heterocycles. The molecule has 0 amide bonds. The van der Waals surface area contributed by atoms with Gasteiger partial charge >= 0.3 is 0 Å². The van der Waals surface area contributed by atoms with Crippen molar-refractivity contribution >= 4 is 16.7 Å². The molecule has 1 unspecified atom stereocenters. The maximum atomic E-state index is 5.91. The Morgan fingerprint density at radius 2 is 1.90 bits per heavy atom. The van der Waals surface area contributed by atoms with Crippen LogP contribution >= 0.6 is 11.5 Å². The van der Waals surface area contributed by atoms with E-state index < -0.39 is 0 Å². The highest BCUT2D eigenvalue weighted by atomic mass is 32.1. The third-order valence-corrected chi connectivity index (χ3v) is 4.86. The van der Waals surface area contributed by atoms with Crippen LogP contribution in [0.1, 0.15) is 46.4 Å². The topological polar surface area (TPSA) is 58.3 Å². The molecule has 5 nitrogen and oxygen atoms in total. The average Bonchev–Trinajstić information content (AvgIpc) is 2.95. The van der Waals surface area contributed by atoms with E-state index in [1.54, 1.807) is 0 Å². The Hall–Kier alpha value is -0.720. The minimum atomic E-state index is 0.0301. The van der Waals surface area contributed by atoms with Crippen LogP contribution < -0.4 is 10.6 Å². The summed E-state index contributed by atoms with van der Waals surface area (Å²) in [6.45, 7) is 13.7. The molecule has 0 radical (unpaired) electrons. The Bertz CT molecular complexity index is 432. The minimum absolute atomic E-state index is 0.0301. The van der Waals surface area contributed by atoms with Gasteiger partial charge in [-0.2, -0.15) is 4.37 Å². The molecule has 120 valence electrons. The zero-order chi connectivity index (χ0) is 15.5. The van der Waals surface area contributed by atoms with Gasteiger partial charge in [0.15, 0.2) is 0 Å². The Morgan fingerprint density at radius 3 is 2.38 bits per heavy atom. The number of anilines is 1. The first-order chi connectivity index (χ1) is 9.95. The van der Waals surface area contributed by atoms with Crippen LogP contribution in [0, 0.1) is 0 Å². The van der Waals surface area contributed by atoms with Crippen molar-refractivity contribution in [2.45, 2.75) is 52.0 Å². The number of piperazine rings is 1. The Kier molecular flexibility index (Phi) is 5.57. The predicted octanol–water partition coefficient (Wildman–Crippen LogP) is 2.08. The van der Waals surface area contributed by atoms with E-state index in [2.05, 4.69) is 41.9 Å². The van der Waals surface area contributed by atoms with Crippen molar-refractivity contribution in [1.82, 2.24) is 14.3 Å². The monoisotopic (exact) mass is 311 g/mol. The number of aromatic nitrogens is 2. The van der Waals surface area contributed by atoms with Gasteiger partial charge in [-0.15, -0.1) is 0 Å². The van der Waals surface area contributed by atoms with Crippen molar-refractivity contribution in [1.29, 1.82) is 0 Å². The van der Waals surface area contributed by atoms with Gasteiger partial charge in [-0.1, -0.05) is 34.1 Å². The Balaban J connectivity index is 1.93. The van der Waals surface area contributed by atoms with Crippen LogP contribution in [-0.2, 0) is 5.41 Å². The second kappa shape index (κ2) is 7.03. The van der Waals surface area contributed by atoms with E-state index in [0.29, 0.717) is 6.04 Å². The molecule has 2 N–H and O–H groups in total. The third kappa shape index (κ3) is 4.14.